The SMILES string of the molecule is C=CC(=O)N1CC[C@@H](Nc2nnc(C(N)=O)c(Nc3cccc(C)c3)n2)[C@H]1C. The van der Waals surface area contributed by atoms with Gasteiger partial charge < -0.3 is 21.3 Å². The molecule has 0 unspecified atom stereocenters. The lowest BCUT2D eigenvalue weighted by atomic mass is 10.1. The number of carbonyl (C=O) groups excluding carboxylic acids is 2. The summed E-state index contributed by atoms with van der Waals surface area (Å²) in [5, 5.41) is 14.2. The Kier molecular flexibility index (Phi) is 5.53. The fourth-order valence-corrected chi connectivity index (χ4v) is 3.23. The molecule has 1 aromatic heterocycles. The molecular weight excluding hydrogens is 358 g/mol. The van der Waals surface area contributed by atoms with Crippen molar-refractivity contribution in [3.8, 4) is 0 Å². The largest absolute Gasteiger partial charge is 0.364 e. The highest BCUT2D eigenvalue weighted by molar-refractivity contribution is 5.96. The number of nitrogens with one attached hydrogen (secondary N) is 2. The number of nitrogens with two attached hydrogens (primary N) is 1. The number of carbonyl (C=O) groups is 2. The fraction of sp³-hybridized carbons (Fsp3) is 0.316. The minimum Gasteiger partial charge on any atom is -0.364 e. The average molecular weight is 381 g/mol. The van der Waals surface area contributed by atoms with E-state index in [-0.39, 0.29) is 35.5 Å². The summed E-state index contributed by atoms with van der Waals surface area (Å²) in [6, 6.07) is 7.52. The molecule has 0 saturated carbocycles. The van der Waals surface area contributed by atoms with E-state index in [2.05, 4.69) is 32.4 Å². The van der Waals surface area contributed by atoms with E-state index in [0.29, 0.717) is 6.54 Å². The van der Waals surface area contributed by atoms with Crippen molar-refractivity contribution in [2.75, 3.05) is 17.2 Å². The van der Waals surface area contributed by atoms with Gasteiger partial charge in [-0.25, -0.2) is 0 Å². The lowest BCUT2D eigenvalue weighted by Crippen LogP contribution is -2.39. The molecule has 1 aromatic carbocycles. The number of primary amides is 1. The second-order valence-electron chi connectivity index (χ2n) is 6.71. The molecule has 4 N–H and O–H groups in total. The number of likely N-dealkylation sites (tertiary alicyclic amines) is 1. The van der Waals surface area contributed by atoms with Crippen LogP contribution in [0.1, 0.15) is 29.4 Å². The molecule has 0 bridgehead atoms. The first-order chi connectivity index (χ1) is 13.4. The summed E-state index contributed by atoms with van der Waals surface area (Å²) >= 11 is 0. The number of nitrogens with zero attached hydrogens (tertiary/aromatic N) is 4. The number of hydrogen-bond acceptors (Lipinski definition) is 7. The van der Waals surface area contributed by atoms with Crippen LogP contribution in [-0.4, -0.2) is 50.5 Å². The van der Waals surface area contributed by atoms with Crippen molar-refractivity contribution in [2.45, 2.75) is 32.4 Å². The molecule has 1 aliphatic heterocycles. The number of rotatable bonds is 6. The summed E-state index contributed by atoms with van der Waals surface area (Å²) in [6.07, 6.45) is 2.05. The highest BCUT2D eigenvalue weighted by Crippen LogP contribution is 2.23. The first-order valence-electron chi connectivity index (χ1n) is 8.97. The van der Waals surface area contributed by atoms with Gasteiger partial charge in [-0.3, -0.25) is 9.59 Å². The number of amides is 2. The lowest BCUT2D eigenvalue weighted by molar-refractivity contribution is -0.126. The molecule has 3 rings (SSSR count). The Labute approximate surface area is 163 Å². The van der Waals surface area contributed by atoms with E-state index in [0.717, 1.165) is 17.7 Å². The summed E-state index contributed by atoms with van der Waals surface area (Å²) in [7, 11) is 0. The second-order valence-corrected chi connectivity index (χ2v) is 6.71. The van der Waals surface area contributed by atoms with E-state index in [4.69, 9.17) is 5.73 Å². The third-order valence-electron chi connectivity index (χ3n) is 4.73. The molecule has 1 saturated heterocycles. The Balaban J connectivity index is 1.82. The molecule has 1 aliphatic rings. The van der Waals surface area contributed by atoms with Crippen LogP contribution >= 0.6 is 0 Å². The quantitative estimate of drug-likeness (QED) is 0.649. The van der Waals surface area contributed by atoms with Crippen molar-refractivity contribution >= 4 is 29.3 Å². The van der Waals surface area contributed by atoms with Crippen LogP contribution in [0.2, 0.25) is 0 Å². The summed E-state index contributed by atoms with van der Waals surface area (Å²) in [5.41, 5.74) is 7.17. The molecule has 28 heavy (non-hydrogen) atoms. The average Bonchev–Trinajstić information content (AvgIpc) is 3.01. The smallest absolute Gasteiger partial charge is 0.273 e. The van der Waals surface area contributed by atoms with Crippen molar-refractivity contribution in [3.05, 3.63) is 48.2 Å². The summed E-state index contributed by atoms with van der Waals surface area (Å²) in [4.78, 5) is 29.7. The zero-order chi connectivity index (χ0) is 20.3. The zero-order valence-electron chi connectivity index (χ0n) is 15.8. The monoisotopic (exact) mass is 381 g/mol. The van der Waals surface area contributed by atoms with Gasteiger partial charge in [0.05, 0.1) is 6.04 Å². The summed E-state index contributed by atoms with van der Waals surface area (Å²) < 4.78 is 0. The van der Waals surface area contributed by atoms with E-state index in [1.165, 1.54) is 6.08 Å². The molecule has 146 valence electrons. The van der Waals surface area contributed by atoms with Crippen LogP contribution in [0, 0.1) is 6.92 Å². The van der Waals surface area contributed by atoms with Crippen molar-refractivity contribution in [1.82, 2.24) is 20.1 Å². The molecule has 0 aliphatic carbocycles. The lowest BCUT2D eigenvalue weighted by Gasteiger charge is -2.24. The minimum absolute atomic E-state index is 0.0445. The topological polar surface area (TPSA) is 126 Å². The molecule has 2 atom stereocenters. The second kappa shape index (κ2) is 8.03. The summed E-state index contributed by atoms with van der Waals surface area (Å²) in [5.74, 6) is -0.356. The number of aromatic nitrogens is 3. The Bertz CT molecular complexity index is 915. The van der Waals surface area contributed by atoms with Crippen LogP contribution in [0.5, 0.6) is 0 Å². The van der Waals surface area contributed by atoms with Crippen LogP contribution in [0.25, 0.3) is 0 Å². The molecule has 9 nitrogen and oxygen atoms in total. The van der Waals surface area contributed by atoms with Gasteiger partial charge in [-0.15, -0.1) is 10.2 Å². The van der Waals surface area contributed by atoms with E-state index < -0.39 is 5.91 Å². The highest BCUT2D eigenvalue weighted by Gasteiger charge is 2.33. The van der Waals surface area contributed by atoms with Gasteiger partial charge in [0.15, 0.2) is 11.5 Å². The van der Waals surface area contributed by atoms with E-state index in [1.54, 1.807) is 4.90 Å². The third-order valence-corrected chi connectivity index (χ3v) is 4.73. The van der Waals surface area contributed by atoms with Gasteiger partial charge in [0, 0.05) is 18.3 Å². The Morgan fingerprint density at radius 1 is 1.36 bits per heavy atom. The molecule has 2 amide bonds. The highest BCUT2D eigenvalue weighted by atomic mass is 16.2. The first-order valence-corrected chi connectivity index (χ1v) is 8.97. The number of aryl methyl sites for hydroxylation is 1. The van der Waals surface area contributed by atoms with E-state index in [9.17, 15) is 9.59 Å². The van der Waals surface area contributed by atoms with Crippen LogP contribution < -0.4 is 16.4 Å². The van der Waals surface area contributed by atoms with Crippen molar-refractivity contribution in [3.63, 3.8) is 0 Å². The van der Waals surface area contributed by atoms with E-state index in [1.807, 2.05) is 38.1 Å². The number of benzene rings is 1. The number of hydrogen-bond donors (Lipinski definition) is 3. The van der Waals surface area contributed by atoms with Gasteiger partial charge in [-0.2, -0.15) is 4.98 Å². The van der Waals surface area contributed by atoms with Crippen LogP contribution in [0.4, 0.5) is 17.5 Å². The van der Waals surface area contributed by atoms with Gasteiger partial charge in [-0.05, 0) is 44.0 Å². The van der Waals surface area contributed by atoms with Crippen molar-refractivity contribution in [1.29, 1.82) is 0 Å². The standard InChI is InChI=1S/C19H23N7O2/c1-4-15(27)26-9-8-14(12(26)3)22-19-23-18(16(17(20)28)24-25-19)21-13-7-5-6-11(2)10-13/h4-7,10,12,14H,1,8-9H2,2-3H3,(H2,20,28)(H2,21,22,23,25)/t12-,14-/m1/s1. The first kappa shape index (κ1) is 19.3. The van der Waals surface area contributed by atoms with Crippen LogP contribution in [0.15, 0.2) is 36.9 Å². The predicted molar refractivity (Wildman–Crippen MR) is 106 cm³/mol. The van der Waals surface area contributed by atoms with E-state index >= 15 is 0 Å². The molecule has 2 aromatic rings. The molecule has 0 radical (unpaired) electrons. The Hall–Kier alpha value is -3.49. The van der Waals surface area contributed by atoms with Gasteiger partial charge in [0.2, 0.25) is 11.9 Å². The van der Waals surface area contributed by atoms with Crippen LogP contribution in [0.3, 0.4) is 0 Å². The number of anilines is 3. The van der Waals surface area contributed by atoms with Gasteiger partial charge >= 0.3 is 0 Å². The molecule has 0 spiro atoms. The maximum Gasteiger partial charge on any atom is 0.273 e. The Morgan fingerprint density at radius 2 is 2.14 bits per heavy atom. The molecular formula is C19H23N7O2. The summed E-state index contributed by atoms with van der Waals surface area (Å²) in [6.45, 7) is 8.06. The Morgan fingerprint density at radius 3 is 2.82 bits per heavy atom. The van der Waals surface area contributed by atoms with Gasteiger partial charge in [0.25, 0.3) is 5.91 Å². The predicted octanol–water partition coefficient (Wildman–Crippen LogP) is 1.61. The molecule has 9 heteroatoms. The fourth-order valence-electron chi connectivity index (χ4n) is 3.23. The van der Waals surface area contributed by atoms with Gasteiger partial charge in [-0.1, -0.05) is 18.7 Å². The normalized spacial score (nSPS) is 18.6. The van der Waals surface area contributed by atoms with Crippen LogP contribution in [-0.2, 0) is 4.79 Å². The van der Waals surface area contributed by atoms with Crippen molar-refractivity contribution in [2.24, 2.45) is 5.73 Å². The maximum absolute atomic E-state index is 11.9. The van der Waals surface area contributed by atoms with Crippen molar-refractivity contribution < 1.29 is 9.59 Å². The molecule has 1 fully saturated rings. The third kappa shape index (κ3) is 4.08. The maximum atomic E-state index is 11.9. The zero-order valence-corrected chi connectivity index (χ0v) is 15.8. The molecule has 2 heterocycles. The minimum atomic E-state index is -0.723. The van der Waals surface area contributed by atoms with Gasteiger partial charge in [0.1, 0.15) is 0 Å².